The fourth-order valence-electron chi connectivity index (χ4n) is 3.31. The number of aromatic nitrogens is 4. The highest BCUT2D eigenvalue weighted by Gasteiger charge is 2.30. The van der Waals surface area contributed by atoms with Crippen molar-refractivity contribution in [2.24, 2.45) is 0 Å². The molecular formula is C22H25F2N5O3. The Kier molecular flexibility index (Phi) is 6.20. The van der Waals surface area contributed by atoms with Crippen molar-refractivity contribution < 1.29 is 23.1 Å². The maximum absolute atomic E-state index is 13.0. The Bertz CT molecular complexity index is 1140. The number of anilines is 1. The second-order valence-corrected chi connectivity index (χ2v) is 8.01. The molecule has 8 nitrogen and oxygen atoms in total. The first-order valence-electron chi connectivity index (χ1n) is 10.7. The zero-order valence-electron chi connectivity index (χ0n) is 17.9. The van der Waals surface area contributed by atoms with Crippen LogP contribution in [0.2, 0.25) is 0 Å². The lowest BCUT2D eigenvalue weighted by Crippen LogP contribution is -2.24. The van der Waals surface area contributed by atoms with E-state index in [9.17, 15) is 18.4 Å². The summed E-state index contributed by atoms with van der Waals surface area (Å²) >= 11 is 0. The van der Waals surface area contributed by atoms with Crippen LogP contribution in [0.1, 0.15) is 74.7 Å². The molecule has 170 valence electrons. The molecular weight excluding hydrogens is 420 g/mol. The van der Waals surface area contributed by atoms with Gasteiger partial charge in [-0.3, -0.25) is 4.79 Å². The largest absolute Gasteiger partial charge is 0.448 e. The molecule has 1 saturated carbocycles. The van der Waals surface area contributed by atoms with Crippen molar-refractivity contribution >= 4 is 23.5 Å². The Morgan fingerprint density at radius 2 is 2.06 bits per heavy atom. The van der Waals surface area contributed by atoms with Crippen LogP contribution in [0.4, 0.5) is 19.4 Å². The van der Waals surface area contributed by atoms with Crippen molar-refractivity contribution in [2.75, 3.05) is 11.9 Å². The number of hydrogen-bond donors (Lipinski definition) is 1. The van der Waals surface area contributed by atoms with Crippen LogP contribution in [-0.2, 0) is 9.53 Å². The minimum absolute atomic E-state index is 0.128. The fourth-order valence-corrected chi connectivity index (χ4v) is 3.31. The molecule has 3 heterocycles. The summed E-state index contributed by atoms with van der Waals surface area (Å²) in [5.41, 5.74) is 1.50. The summed E-state index contributed by atoms with van der Waals surface area (Å²) in [5, 5.41) is 7.08. The number of unbranched alkanes of at least 4 members (excludes halogenated alkanes) is 1. The zero-order chi connectivity index (χ0) is 22.8. The van der Waals surface area contributed by atoms with E-state index >= 15 is 0 Å². The number of carbonyl (C=O) groups is 2. The Hall–Kier alpha value is -3.30. The van der Waals surface area contributed by atoms with E-state index in [1.165, 1.54) is 22.7 Å². The number of ether oxygens (including phenoxy) is 1. The second kappa shape index (κ2) is 9.05. The van der Waals surface area contributed by atoms with Crippen molar-refractivity contribution in [2.45, 2.75) is 57.8 Å². The SMILES string of the molecule is CCCCOC(=O)n1nc(C2CC2)cc1NC(=O)C(C)c1cn2cc(C(F)F)ccc2n1. The van der Waals surface area contributed by atoms with Crippen molar-refractivity contribution in [3.8, 4) is 0 Å². The molecule has 3 aromatic rings. The highest BCUT2D eigenvalue weighted by Crippen LogP contribution is 2.40. The highest BCUT2D eigenvalue weighted by molar-refractivity contribution is 5.96. The maximum Gasteiger partial charge on any atom is 0.436 e. The Balaban J connectivity index is 1.52. The summed E-state index contributed by atoms with van der Waals surface area (Å²) in [6.07, 6.45) is 3.23. The molecule has 10 heteroatoms. The molecule has 1 N–H and O–H groups in total. The number of nitrogens with zero attached hydrogens (tertiary/aromatic N) is 4. The molecule has 0 saturated heterocycles. The van der Waals surface area contributed by atoms with Gasteiger partial charge in [-0.05, 0) is 38.3 Å². The van der Waals surface area contributed by atoms with Crippen LogP contribution in [-0.4, -0.2) is 37.8 Å². The van der Waals surface area contributed by atoms with E-state index in [0.717, 1.165) is 36.1 Å². The van der Waals surface area contributed by atoms with Crippen molar-refractivity contribution in [3.05, 3.63) is 47.5 Å². The quantitative estimate of drug-likeness (QED) is 0.500. The summed E-state index contributed by atoms with van der Waals surface area (Å²) < 4.78 is 33.7. The van der Waals surface area contributed by atoms with Gasteiger partial charge in [-0.2, -0.15) is 5.10 Å². The minimum Gasteiger partial charge on any atom is -0.448 e. The van der Waals surface area contributed by atoms with Crippen LogP contribution in [0.3, 0.4) is 0 Å². The number of amides is 1. The summed E-state index contributed by atoms with van der Waals surface area (Å²) in [6, 6.07) is 4.49. The molecule has 1 amide bonds. The molecule has 4 rings (SSSR count). The lowest BCUT2D eigenvalue weighted by molar-refractivity contribution is -0.117. The Morgan fingerprint density at radius 1 is 1.28 bits per heavy atom. The van der Waals surface area contributed by atoms with E-state index in [4.69, 9.17) is 4.74 Å². The van der Waals surface area contributed by atoms with Crippen LogP contribution in [0.25, 0.3) is 5.65 Å². The number of rotatable bonds is 8. The van der Waals surface area contributed by atoms with Gasteiger partial charge >= 0.3 is 6.09 Å². The van der Waals surface area contributed by atoms with Gasteiger partial charge in [0.05, 0.1) is 23.9 Å². The highest BCUT2D eigenvalue weighted by atomic mass is 19.3. The van der Waals surface area contributed by atoms with Crippen molar-refractivity contribution in [3.63, 3.8) is 0 Å². The van der Waals surface area contributed by atoms with Crippen LogP contribution in [0.15, 0.2) is 30.6 Å². The van der Waals surface area contributed by atoms with Gasteiger partial charge in [-0.25, -0.2) is 18.6 Å². The fraction of sp³-hybridized carbons (Fsp3) is 0.455. The lowest BCUT2D eigenvalue weighted by Gasteiger charge is -2.11. The third-order valence-electron chi connectivity index (χ3n) is 5.45. The Morgan fingerprint density at radius 3 is 2.75 bits per heavy atom. The predicted molar refractivity (Wildman–Crippen MR) is 113 cm³/mol. The Labute approximate surface area is 183 Å². The smallest absolute Gasteiger partial charge is 0.436 e. The van der Waals surface area contributed by atoms with Gasteiger partial charge in [-0.15, -0.1) is 4.68 Å². The molecule has 0 aromatic carbocycles. The monoisotopic (exact) mass is 445 g/mol. The second-order valence-electron chi connectivity index (χ2n) is 8.01. The summed E-state index contributed by atoms with van der Waals surface area (Å²) in [7, 11) is 0. The summed E-state index contributed by atoms with van der Waals surface area (Å²) in [4.78, 5) is 29.8. The topological polar surface area (TPSA) is 90.5 Å². The van der Waals surface area contributed by atoms with Gasteiger partial charge in [0.15, 0.2) is 0 Å². The zero-order valence-corrected chi connectivity index (χ0v) is 17.9. The molecule has 1 unspecified atom stereocenters. The summed E-state index contributed by atoms with van der Waals surface area (Å²) in [5.74, 6) is -0.551. The number of nitrogens with one attached hydrogen (secondary N) is 1. The lowest BCUT2D eigenvalue weighted by atomic mass is 10.1. The van der Waals surface area contributed by atoms with Crippen LogP contribution in [0.5, 0.6) is 0 Å². The predicted octanol–water partition coefficient (Wildman–Crippen LogP) is 4.87. The third kappa shape index (κ3) is 4.63. The average molecular weight is 445 g/mol. The first-order chi connectivity index (χ1) is 15.4. The molecule has 1 aliphatic rings. The molecule has 0 spiro atoms. The van der Waals surface area contributed by atoms with E-state index in [2.05, 4.69) is 15.4 Å². The minimum atomic E-state index is -2.59. The molecule has 0 bridgehead atoms. The number of imidazole rings is 1. The first-order valence-corrected chi connectivity index (χ1v) is 10.7. The number of fused-ring (bicyclic) bond motifs is 1. The van der Waals surface area contributed by atoms with Gasteiger partial charge in [0.25, 0.3) is 6.43 Å². The molecule has 32 heavy (non-hydrogen) atoms. The van der Waals surface area contributed by atoms with Gasteiger partial charge in [0, 0.05) is 29.9 Å². The standard InChI is InChI=1S/C22H25F2N5O3/c1-3-4-9-32-22(31)29-19(10-16(27-29)14-5-6-14)26-21(30)13(2)17-12-28-11-15(20(23)24)7-8-18(28)25-17/h7-8,10-14,20H,3-6,9H2,1-2H3,(H,26,30). The number of hydrogen-bond acceptors (Lipinski definition) is 5. The molecule has 0 radical (unpaired) electrons. The first kappa shape index (κ1) is 21.9. The van der Waals surface area contributed by atoms with Crippen molar-refractivity contribution in [1.82, 2.24) is 19.2 Å². The number of alkyl halides is 2. The van der Waals surface area contributed by atoms with E-state index < -0.39 is 24.3 Å². The van der Waals surface area contributed by atoms with Gasteiger partial charge < -0.3 is 14.5 Å². The average Bonchev–Trinajstić information content (AvgIpc) is 3.39. The van der Waals surface area contributed by atoms with Crippen molar-refractivity contribution in [1.29, 1.82) is 0 Å². The number of pyridine rings is 1. The van der Waals surface area contributed by atoms with Gasteiger partial charge in [-0.1, -0.05) is 13.3 Å². The number of halogens is 2. The van der Waals surface area contributed by atoms with Crippen LogP contribution >= 0.6 is 0 Å². The molecule has 1 aliphatic carbocycles. The van der Waals surface area contributed by atoms with Crippen LogP contribution in [0, 0.1) is 0 Å². The van der Waals surface area contributed by atoms with E-state index in [-0.39, 0.29) is 23.9 Å². The van der Waals surface area contributed by atoms with E-state index in [1.54, 1.807) is 19.2 Å². The van der Waals surface area contributed by atoms with Crippen LogP contribution < -0.4 is 5.32 Å². The molecule has 3 aromatic heterocycles. The molecule has 0 aliphatic heterocycles. The maximum atomic E-state index is 13.0. The van der Waals surface area contributed by atoms with Gasteiger partial charge in [0.2, 0.25) is 5.91 Å². The normalized spacial score (nSPS) is 14.7. The van der Waals surface area contributed by atoms with Gasteiger partial charge in [0.1, 0.15) is 11.5 Å². The third-order valence-corrected chi connectivity index (χ3v) is 5.45. The number of carbonyl (C=O) groups excluding carboxylic acids is 2. The summed E-state index contributed by atoms with van der Waals surface area (Å²) in [6.45, 7) is 3.93. The molecule has 1 atom stereocenters. The molecule has 1 fully saturated rings. The van der Waals surface area contributed by atoms with E-state index in [1.807, 2.05) is 6.92 Å². The van der Waals surface area contributed by atoms with E-state index in [0.29, 0.717) is 11.3 Å².